The lowest BCUT2D eigenvalue weighted by molar-refractivity contribution is 0.0780. The van der Waals surface area contributed by atoms with Crippen molar-refractivity contribution in [1.82, 2.24) is 14.8 Å². The number of carbonyl (C=O) groups excluding carboxylic acids is 1. The van der Waals surface area contributed by atoms with Crippen molar-refractivity contribution < 1.29 is 9.90 Å². The van der Waals surface area contributed by atoms with E-state index in [-0.39, 0.29) is 24.0 Å². The van der Waals surface area contributed by atoms with Gasteiger partial charge >= 0.3 is 0 Å². The summed E-state index contributed by atoms with van der Waals surface area (Å²) >= 11 is 0. The number of likely N-dealkylation sites (tertiary alicyclic amines) is 2. The van der Waals surface area contributed by atoms with Gasteiger partial charge in [0, 0.05) is 49.1 Å². The molecular formula is C22H29N3O3. The minimum atomic E-state index is -0.180. The number of benzene rings is 1. The lowest BCUT2D eigenvalue weighted by Crippen LogP contribution is -2.35. The number of amides is 1. The standard InChI is InChI=1S/C22H29N3O3/c26-15-17-14-25(13-16(17)12-24-9-5-1-2-6-10-24)22(28)20-11-23-21(27)19-8-4-3-7-18(19)20/h3-4,7-8,11,16-17,26H,1-2,5-6,9-10,12-15H2,(H,23,27)/t16-,17-/m0/s1. The Bertz CT molecular complexity index is 886. The van der Waals surface area contributed by atoms with Gasteiger partial charge < -0.3 is 19.9 Å². The second kappa shape index (κ2) is 8.45. The van der Waals surface area contributed by atoms with E-state index in [1.807, 2.05) is 17.0 Å². The van der Waals surface area contributed by atoms with Gasteiger partial charge in [0.1, 0.15) is 0 Å². The highest BCUT2D eigenvalue weighted by Crippen LogP contribution is 2.27. The van der Waals surface area contributed by atoms with Crippen LogP contribution in [0.5, 0.6) is 0 Å². The molecule has 2 aliphatic heterocycles. The summed E-state index contributed by atoms with van der Waals surface area (Å²) in [7, 11) is 0. The van der Waals surface area contributed by atoms with Crippen LogP contribution in [0.2, 0.25) is 0 Å². The summed E-state index contributed by atoms with van der Waals surface area (Å²) in [6.07, 6.45) is 6.61. The maximum atomic E-state index is 13.2. The molecule has 2 aromatic rings. The van der Waals surface area contributed by atoms with Crippen LogP contribution in [0.1, 0.15) is 36.0 Å². The molecule has 2 atom stereocenters. The zero-order valence-corrected chi connectivity index (χ0v) is 16.3. The molecule has 2 aliphatic rings. The number of nitrogens with zero attached hydrogens (tertiary/aromatic N) is 2. The molecule has 4 rings (SSSR count). The van der Waals surface area contributed by atoms with Crippen LogP contribution in [0.25, 0.3) is 10.8 Å². The Morgan fingerprint density at radius 1 is 1.04 bits per heavy atom. The van der Waals surface area contributed by atoms with Gasteiger partial charge in [0.2, 0.25) is 0 Å². The van der Waals surface area contributed by atoms with E-state index in [1.165, 1.54) is 31.9 Å². The van der Waals surface area contributed by atoms with E-state index >= 15 is 0 Å². The molecule has 1 aromatic carbocycles. The molecule has 2 N–H and O–H groups in total. The van der Waals surface area contributed by atoms with Crippen molar-refractivity contribution in [2.45, 2.75) is 25.7 Å². The van der Waals surface area contributed by atoms with Gasteiger partial charge in [-0.05, 0) is 37.9 Å². The summed E-state index contributed by atoms with van der Waals surface area (Å²) in [5.41, 5.74) is 0.350. The zero-order chi connectivity index (χ0) is 19.5. The predicted molar refractivity (Wildman–Crippen MR) is 109 cm³/mol. The number of carbonyl (C=O) groups is 1. The van der Waals surface area contributed by atoms with Gasteiger partial charge in [0.25, 0.3) is 11.5 Å². The molecular weight excluding hydrogens is 354 g/mol. The number of aromatic amines is 1. The Hall–Kier alpha value is -2.18. The van der Waals surface area contributed by atoms with Crippen LogP contribution >= 0.6 is 0 Å². The highest BCUT2D eigenvalue weighted by molar-refractivity contribution is 6.06. The molecule has 2 fully saturated rings. The molecule has 1 amide bonds. The molecule has 0 radical (unpaired) electrons. The first-order valence-electron chi connectivity index (χ1n) is 10.4. The van der Waals surface area contributed by atoms with Crippen LogP contribution in [0.4, 0.5) is 0 Å². The summed E-state index contributed by atoms with van der Waals surface area (Å²) in [6, 6.07) is 7.22. The smallest absolute Gasteiger partial charge is 0.255 e. The average molecular weight is 383 g/mol. The van der Waals surface area contributed by atoms with E-state index in [0.29, 0.717) is 35.3 Å². The maximum absolute atomic E-state index is 13.2. The summed E-state index contributed by atoms with van der Waals surface area (Å²) in [5, 5.41) is 11.1. The number of nitrogens with one attached hydrogen (secondary N) is 1. The number of rotatable bonds is 4. The molecule has 0 bridgehead atoms. The zero-order valence-electron chi connectivity index (χ0n) is 16.3. The number of fused-ring (bicyclic) bond motifs is 1. The maximum Gasteiger partial charge on any atom is 0.255 e. The predicted octanol–water partition coefficient (Wildman–Crippen LogP) is 2.08. The van der Waals surface area contributed by atoms with Crippen molar-refractivity contribution in [3.63, 3.8) is 0 Å². The second-order valence-electron chi connectivity index (χ2n) is 8.20. The molecule has 28 heavy (non-hydrogen) atoms. The molecule has 150 valence electrons. The van der Waals surface area contributed by atoms with Crippen molar-refractivity contribution in [1.29, 1.82) is 0 Å². The molecule has 3 heterocycles. The molecule has 2 saturated heterocycles. The van der Waals surface area contributed by atoms with E-state index in [4.69, 9.17) is 0 Å². The van der Waals surface area contributed by atoms with E-state index in [9.17, 15) is 14.7 Å². The van der Waals surface area contributed by atoms with Crippen molar-refractivity contribution in [3.05, 3.63) is 46.4 Å². The third kappa shape index (κ3) is 3.84. The third-order valence-corrected chi connectivity index (χ3v) is 6.33. The van der Waals surface area contributed by atoms with Crippen LogP contribution in [-0.2, 0) is 0 Å². The molecule has 0 spiro atoms. The molecule has 0 aliphatic carbocycles. The Morgan fingerprint density at radius 3 is 2.43 bits per heavy atom. The van der Waals surface area contributed by atoms with Gasteiger partial charge in [-0.3, -0.25) is 9.59 Å². The monoisotopic (exact) mass is 383 g/mol. The first-order chi connectivity index (χ1) is 13.7. The SMILES string of the molecule is O=C(c1c[nH]c(=O)c2ccccc12)N1C[C@@H](CO)[C@@H](CN2CCCCCC2)C1. The summed E-state index contributed by atoms with van der Waals surface area (Å²) in [5.74, 6) is 0.339. The van der Waals surface area contributed by atoms with Gasteiger partial charge in [-0.2, -0.15) is 0 Å². The number of aliphatic hydroxyl groups excluding tert-OH is 1. The van der Waals surface area contributed by atoms with E-state index in [2.05, 4.69) is 9.88 Å². The van der Waals surface area contributed by atoms with Gasteiger partial charge in [-0.1, -0.05) is 31.0 Å². The van der Waals surface area contributed by atoms with Gasteiger partial charge in [0.15, 0.2) is 0 Å². The van der Waals surface area contributed by atoms with Crippen LogP contribution in [-0.4, -0.2) is 65.1 Å². The number of aliphatic hydroxyl groups is 1. The molecule has 1 aromatic heterocycles. The van der Waals surface area contributed by atoms with Gasteiger partial charge in [-0.25, -0.2) is 0 Å². The first-order valence-corrected chi connectivity index (χ1v) is 10.4. The summed E-state index contributed by atoms with van der Waals surface area (Å²) in [4.78, 5) is 32.3. The van der Waals surface area contributed by atoms with Crippen LogP contribution in [0.3, 0.4) is 0 Å². The fourth-order valence-corrected chi connectivity index (χ4v) is 4.73. The molecule has 0 unspecified atom stereocenters. The third-order valence-electron chi connectivity index (χ3n) is 6.33. The number of aromatic nitrogens is 1. The number of H-pyrrole nitrogens is 1. The molecule has 0 saturated carbocycles. The highest BCUT2D eigenvalue weighted by Gasteiger charge is 2.36. The Morgan fingerprint density at radius 2 is 1.71 bits per heavy atom. The lowest BCUT2D eigenvalue weighted by Gasteiger charge is -2.26. The minimum Gasteiger partial charge on any atom is -0.396 e. The lowest BCUT2D eigenvalue weighted by atomic mass is 9.96. The Kier molecular flexibility index (Phi) is 5.78. The molecule has 6 heteroatoms. The second-order valence-corrected chi connectivity index (χ2v) is 8.20. The van der Waals surface area contributed by atoms with Gasteiger partial charge in [0.05, 0.1) is 5.56 Å². The fourth-order valence-electron chi connectivity index (χ4n) is 4.73. The topological polar surface area (TPSA) is 76.6 Å². The first kappa shape index (κ1) is 19.2. The number of hydrogen-bond donors (Lipinski definition) is 2. The van der Waals surface area contributed by atoms with Crippen molar-refractivity contribution >= 4 is 16.7 Å². The minimum absolute atomic E-state index is 0.0655. The quantitative estimate of drug-likeness (QED) is 0.848. The summed E-state index contributed by atoms with van der Waals surface area (Å²) in [6.45, 7) is 4.52. The van der Waals surface area contributed by atoms with E-state index in [0.717, 1.165) is 19.6 Å². The van der Waals surface area contributed by atoms with Crippen molar-refractivity contribution in [3.8, 4) is 0 Å². The fraction of sp³-hybridized carbons (Fsp3) is 0.545. The van der Waals surface area contributed by atoms with E-state index < -0.39 is 0 Å². The van der Waals surface area contributed by atoms with Crippen LogP contribution in [0, 0.1) is 11.8 Å². The van der Waals surface area contributed by atoms with Crippen LogP contribution in [0.15, 0.2) is 35.3 Å². The van der Waals surface area contributed by atoms with Crippen molar-refractivity contribution in [2.75, 3.05) is 39.3 Å². The normalized spacial score (nSPS) is 23.8. The van der Waals surface area contributed by atoms with Crippen molar-refractivity contribution in [2.24, 2.45) is 11.8 Å². The largest absolute Gasteiger partial charge is 0.396 e. The van der Waals surface area contributed by atoms with Gasteiger partial charge in [-0.15, -0.1) is 0 Å². The molecule has 6 nitrogen and oxygen atoms in total. The van der Waals surface area contributed by atoms with Crippen LogP contribution < -0.4 is 5.56 Å². The highest BCUT2D eigenvalue weighted by atomic mass is 16.3. The average Bonchev–Trinajstić information content (AvgIpc) is 2.94. The number of pyridine rings is 1. The Labute approximate surface area is 165 Å². The number of hydrogen-bond acceptors (Lipinski definition) is 4. The Balaban J connectivity index is 1.52. The summed E-state index contributed by atoms with van der Waals surface area (Å²) < 4.78 is 0. The van der Waals surface area contributed by atoms with E-state index in [1.54, 1.807) is 12.1 Å².